The summed E-state index contributed by atoms with van der Waals surface area (Å²) in [5.74, 6) is 2.81. The molecule has 3 rings (SSSR count). The highest BCUT2D eigenvalue weighted by molar-refractivity contribution is 7.98. The first kappa shape index (κ1) is 18.2. The van der Waals surface area contributed by atoms with Crippen LogP contribution in [0.25, 0.3) is 0 Å². The van der Waals surface area contributed by atoms with Crippen LogP contribution in [0.4, 0.5) is 0 Å². The first-order valence-corrected chi connectivity index (χ1v) is 10.2. The van der Waals surface area contributed by atoms with Crippen LogP contribution < -0.4 is 10.1 Å². The quantitative estimate of drug-likeness (QED) is 0.541. The number of rotatable bonds is 7. The predicted octanol–water partition coefficient (Wildman–Crippen LogP) is 4.80. The summed E-state index contributed by atoms with van der Waals surface area (Å²) in [6.45, 7) is 4.75. The van der Waals surface area contributed by atoms with Crippen LogP contribution in [0.2, 0.25) is 0 Å². The molecule has 0 fully saturated rings. The predicted molar refractivity (Wildman–Crippen MR) is 110 cm³/mol. The molecule has 0 aromatic heterocycles. The molecule has 0 saturated heterocycles. The number of amidine groups is 1. The molecular weight excluding hydrogens is 348 g/mol. The normalized spacial score (nSPS) is 13.9. The Hall–Kier alpha value is -1.59. The van der Waals surface area contributed by atoms with Gasteiger partial charge >= 0.3 is 0 Å². The molecule has 0 amide bonds. The van der Waals surface area contributed by atoms with Crippen LogP contribution in [0.3, 0.4) is 0 Å². The average Bonchev–Trinajstić information content (AvgIpc) is 2.66. The first-order valence-electron chi connectivity index (χ1n) is 8.73. The molecule has 0 atom stereocenters. The number of thiol groups is 1. The maximum Gasteiger partial charge on any atom is 0.129 e. The summed E-state index contributed by atoms with van der Waals surface area (Å²) in [6.07, 6.45) is 2.11. The van der Waals surface area contributed by atoms with Gasteiger partial charge in [-0.05, 0) is 37.1 Å². The molecule has 2 aromatic carbocycles. The number of nitrogens with one attached hydrogen (secondary N) is 1. The maximum atomic E-state index is 5.89. The lowest BCUT2D eigenvalue weighted by atomic mass is 10.2. The van der Waals surface area contributed by atoms with Crippen LogP contribution in [-0.4, -0.2) is 25.5 Å². The maximum absolute atomic E-state index is 5.89. The Morgan fingerprint density at radius 1 is 1.24 bits per heavy atom. The van der Waals surface area contributed by atoms with Gasteiger partial charge in [0.2, 0.25) is 0 Å². The standard InChI is InChI=1S/C20H24N2OS2/c1-2-12-23-18-9-8-16(24)13-15(18)14-25-19-7-4-3-6-17(19)20-21-10-5-11-22-20/h3-4,6-9,13,24H,2,5,10-12,14H2,1H3,(H,21,22). The topological polar surface area (TPSA) is 33.6 Å². The minimum atomic E-state index is 0.737. The van der Waals surface area contributed by atoms with Crippen molar-refractivity contribution in [3.63, 3.8) is 0 Å². The van der Waals surface area contributed by atoms with Crippen molar-refractivity contribution in [2.75, 3.05) is 19.7 Å². The molecule has 25 heavy (non-hydrogen) atoms. The Balaban J connectivity index is 1.78. The second-order valence-electron chi connectivity index (χ2n) is 5.94. The molecule has 0 unspecified atom stereocenters. The molecule has 2 aromatic rings. The Morgan fingerprint density at radius 3 is 2.92 bits per heavy atom. The van der Waals surface area contributed by atoms with E-state index in [0.29, 0.717) is 0 Å². The van der Waals surface area contributed by atoms with Gasteiger partial charge in [0.1, 0.15) is 11.6 Å². The minimum Gasteiger partial charge on any atom is -0.493 e. The van der Waals surface area contributed by atoms with Crippen molar-refractivity contribution >= 4 is 30.2 Å². The summed E-state index contributed by atoms with van der Waals surface area (Å²) in [7, 11) is 0. The van der Waals surface area contributed by atoms with Gasteiger partial charge in [0.15, 0.2) is 0 Å². The zero-order valence-electron chi connectivity index (χ0n) is 14.5. The molecule has 0 radical (unpaired) electrons. The number of aliphatic imine (C=N–C) groups is 1. The van der Waals surface area contributed by atoms with Gasteiger partial charge in [0.25, 0.3) is 0 Å². The van der Waals surface area contributed by atoms with E-state index in [4.69, 9.17) is 4.74 Å². The molecule has 0 bridgehead atoms. The number of nitrogens with zero attached hydrogens (tertiary/aromatic N) is 1. The third kappa shape index (κ3) is 4.95. The fraction of sp³-hybridized carbons (Fsp3) is 0.350. The zero-order chi connectivity index (χ0) is 17.5. The van der Waals surface area contributed by atoms with Crippen molar-refractivity contribution in [2.45, 2.75) is 35.3 Å². The van der Waals surface area contributed by atoms with Gasteiger partial charge in [-0.25, -0.2) is 0 Å². The Labute approximate surface area is 159 Å². The Kier molecular flexibility index (Phi) is 6.70. The van der Waals surface area contributed by atoms with Crippen LogP contribution in [0.1, 0.15) is 30.9 Å². The Bertz CT molecular complexity index is 746. The van der Waals surface area contributed by atoms with Gasteiger partial charge in [-0.15, -0.1) is 24.4 Å². The van der Waals surface area contributed by atoms with E-state index in [1.54, 1.807) is 0 Å². The minimum absolute atomic E-state index is 0.737. The van der Waals surface area contributed by atoms with Gasteiger partial charge in [0, 0.05) is 39.8 Å². The first-order chi connectivity index (χ1) is 12.3. The van der Waals surface area contributed by atoms with Gasteiger partial charge < -0.3 is 10.1 Å². The highest BCUT2D eigenvalue weighted by Crippen LogP contribution is 2.32. The number of ether oxygens (including phenoxy) is 1. The third-order valence-corrected chi connectivity index (χ3v) is 5.33. The molecular formula is C20H24N2OS2. The molecule has 1 heterocycles. The van der Waals surface area contributed by atoms with Crippen molar-refractivity contribution in [3.8, 4) is 5.75 Å². The Morgan fingerprint density at radius 2 is 2.12 bits per heavy atom. The van der Waals surface area contributed by atoms with Crippen molar-refractivity contribution in [3.05, 3.63) is 53.6 Å². The molecule has 0 aliphatic carbocycles. The number of thioether (sulfide) groups is 1. The smallest absolute Gasteiger partial charge is 0.129 e. The van der Waals surface area contributed by atoms with Crippen LogP contribution in [0, 0.1) is 0 Å². The van der Waals surface area contributed by atoms with Crippen LogP contribution in [-0.2, 0) is 5.75 Å². The summed E-state index contributed by atoms with van der Waals surface area (Å²) < 4.78 is 5.89. The molecule has 1 N–H and O–H groups in total. The summed E-state index contributed by atoms with van der Waals surface area (Å²) in [5.41, 5.74) is 2.37. The second-order valence-corrected chi connectivity index (χ2v) is 7.47. The second kappa shape index (κ2) is 9.20. The van der Waals surface area contributed by atoms with E-state index in [9.17, 15) is 0 Å². The molecule has 0 saturated carbocycles. The van der Waals surface area contributed by atoms with Crippen LogP contribution in [0.15, 0.2) is 57.2 Å². The molecule has 1 aliphatic rings. The molecule has 5 heteroatoms. The lowest BCUT2D eigenvalue weighted by molar-refractivity contribution is 0.315. The van der Waals surface area contributed by atoms with Gasteiger partial charge in [0.05, 0.1) is 6.61 Å². The fourth-order valence-electron chi connectivity index (χ4n) is 2.69. The van der Waals surface area contributed by atoms with E-state index < -0.39 is 0 Å². The highest BCUT2D eigenvalue weighted by atomic mass is 32.2. The van der Waals surface area contributed by atoms with Crippen molar-refractivity contribution in [2.24, 2.45) is 4.99 Å². The van der Waals surface area contributed by atoms with E-state index >= 15 is 0 Å². The fourth-order valence-corrected chi connectivity index (χ4v) is 3.95. The van der Waals surface area contributed by atoms with E-state index in [-0.39, 0.29) is 0 Å². The van der Waals surface area contributed by atoms with Crippen molar-refractivity contribution in [1.29, 1.82) is 0 Å². The van der Waals surface area contributed by atoms with E-state index in [0.717, 1.165) is 54.8 Å². The summed E-state index contributed by atoms with van der Waals surface area (Å²) >= 11 is 6.30. The van der Waals surface area contributed by atoms with E-state index in [2.05, 4.69) is 60.2 Å². The zero-order valence-corrected chi connectivity index (χ0v) is 16.2. The van der Waals surface area contributed by atoms with Crippen molar-refractivity contribution < 1.29 is 4.74 Å². The largest absolute Gasteiger partial charge is 0.493 e. The van der Waals surface area contributed by atoms with Gasteiger partial charge in [-0.2, -0.15) is 0 Å². The molecule has 0 spiro atoms. The van der Waals surface area contributed by atoms with E-state index in [1.165, 1.54) is 16.0 Å². The lowest BCUT2D eigenvalue weighted by Gasteiger charge is -2.17. The van der Waals surface area contributed by atoms with Crippen LogP contribution in [0.5, 0.6) is 5.75 Å². The number of benzene rings is 2. The summed E-state index contributed by atoms with van der Waals surface area (Å²) in [4.78, 5) is 6.84. The number of hydrogen-bond acceptors (Lipinski definition) is 5. The monoisotopic (exact) mass is 372 g/mol. The number of hydrogen-bond donors (Lipinski definition) is 2. The van der Waals surface area contributed by atoms with Crippen molar-refractivity contribution in [1.82, 2.24) is 5.32 Å². The molecule has 1 aliphatic heterocycles. The highest BCUT2D eigenvalue weighted by Gasteiger charge is 2.13. The van der Waals surface area contributed by atoms with Gasteiger partial charge in [-0.3, -0.25) is 4.99 Å². The SMILES string of the molecule is CCCOc1ccc(S)cc1CSc1ccccc1C1=NCCCN1. The molecule has 132 valence electrons. The summed E-state index contributed by atoms with van der Waals surface area (Å²) in [6, 6.07) is 14.6. The lowest BCUT2D eigenvalue weighted by Crippen LogP contribution is -2.30. The van der Waals surface area contributed by atoms with E-state index in [1.807, 2.05) is 23.9 Å². The third-order valence-electron chi connectivity index (χ3n) is 3.93. The summed E-state index contributed by atoms with van der Waals surface area (Å²) in [5, 5.41) is 3.42. The van der Waals surface area contributed by atoms with Crippen LogP contribution >= 0.6 is 24.4 Å². The van der Waals surface area contributed by atoms with Gasteiger partial charge in [-0.1, -0.05) is 25.1 Å². The molecule has 3 nitrogen and oxygen atoms in total. The average molecular weight is 373 g/mol.